The number of quaternary nitrogens is 1. The molecule has 0 bridgehead atoms. The normalized spacial score (nSPS) is 23.0. The van der Waals surface area contributed by atoms with E-state index in [2.05, 4.69) is 57.1 Å². The molecule has 190 valence electrons. The Kier molecular flexibility index (Phi) is 5.62. The smallest absolute Gasteiger partial charge is 0.256 e. The quantitative estimate of drug-likeness (QED) is 0.488. The molecule has 0 saturated carbocycles. The van der Waals surface area contributed by atoms with Crippen LogP contribution < -0.4 is 4.90 Å². The van der Waals surface area contributed by atoms with E-state index in [1.54, 1.807) is 0 Å². The first-order valence-corrected chi connectivity index (χ1v) is 14.2. The number of nitrogens with zero attached hydrogens (tertiary/aromatic N) is 7. The van der Waals surface area contributed by atoms with Crippen molar-refractivity contribution >= 4 is 34.7 Å². The van der Waals surface area contributed by atoms with Crippen LogP contribution in [-0.2, 0) is 4.79 Å². The van der Waals surface area contributed by atoms with E-state index >= 15 is 0 Å². The van der Waals surface area contributed by atoms with Crippen molar-refractivity contribution in [2.75, 3.05) is 55.8 Å². The van der Waals surface area contributed by atoms with E-state index in [9.17, 15) is 10.1 Å². The van der Waals surface area contributed by atoms with Crippen LogP contribution in [0.5, 0.6) is 0 Å². The highest BCUT2D eigenvalue weighted by molar-refractivity contribution is 7.99. The Bertz CT molecular complexity index is 1550. The van der Waals surface area contributed by atoms with Crippen LogP contribution in [0.15, 0.2) is 84.2 Å². The lowest BCUT2D eigenvalue weighted by Gasteiger charge is -2.44. The molecule has 9 heteroatoms. The summed E-state index contributed by atoms with van der Waals surface area (Å²) in [4.78, 5) is 22.5. The van der Waals surface area contributed by atoms with Crippen LogP contribution in [-0.4, -0.2) is 80.9 Å². The molecule has 38 heavy (non-hydrogen) atoms. The highest BCUT2D eigenvalue weighted by Gasteiger charge is 2.48. The Hall–Kier alpha value is -3.84. The van der Waals surface area contributed by atoms with Crippen LogP contribution in [0, 0.1) is 11.3 Å². The van der Waals surface area contributed by atoms with Gasteiger partial charge in [0.2, 0.25) is 5.95 Å². The molecule has 1 amide bonds. The highest BCUT2D eigenvalue weighted by atomic mass is 32.2. The topological polar surface area (TPSA) is 68.4 Å². The second-order valence-corrected chi connectivity index (χ2v) is 11.1. The third-order valence-electron chi connectivity index (χ3n) is 7.92. The Balaban J connectivity index is 1.15. The molecular formula is C29H28N7OS+. The summed E-state index contributed by atoms with van der Waals surface area (Å²) in [5, 5.41) is 11.9. The van der Waals surface area contributed by atoms with Gasteiger partial charge in [-0.3, -0.25) is 9.36 Å². The zero-order valence-corrected chi connectivity index (χ0v) is 21.8. The second kappa shape index (κ2) is 9.17. The first kappa shape index (κ1) is 23.3. The van der Waals surface area contributed by atoms with Gasteiger partial charge in [-0.15, -0.1) is 16.8 Å². The SMILES string of the molecule is N#Cc1ccc2c(c1)nc(N1CCN([N@@+]34C=CC=C3C=C(C(=O)N3CCSC3)C4)CC1)n2-c1ccccc1. The van der Waals surface area contributed by atoms with Gasteiger partial charge in [0, 0.05) is 43.2 Å². The minimum absolute atomic E-state index is 0.183. The van der Waals surface area contributed by atoms with E-state index in [0.29, 0.717) is 16.7 Å². The number of anilines is 1. The summed E-state index contributed by atoms with van der Waals surface area (Å²) < 4.78 is 2.80. The molecule has 5 heterocycles. The van der Waals surface area contributed by atoms with Crippen molar-refractivity contribution in [3.63, 3.8) is 0 Å². The first-order valence-electron chi connectivity index (χ1n) is 13.0. The lowest BCUT2D eigenvalue weighted by atomic mass is 10.2. The fourth-order valence-electron chi connectivity index (χ4n) is 5.98. The molecule has 3 aromatic rings. The molecule has 0 radical (unpaired) electrons. The molecule has 8 nitrogen and oxygen atoms in total. The summed E-state index contributed by atoms with van der Waals surface area (Å²) in [7, 11) is 0. The molecule has 1 aromatic heterocycles. The van der Waals surface area contributed by atoms with Gasteiger partial charge >= 0.3 is 0 Å². The number of imidazole rings is 1. The highest BCUT2D eigenvalue weighted by Crippen LogP contribution is 2.38. The average Bonchev–Trinajstić information content (AvgIpc) is 3.75. The number of fused-ring (bicyclic) bond motifs is 2. The monoisotopic (exact) mass is 522 g/mol. The van der Waals surface area contributed by atoms with Crippen molar-refractivity contribution < 1.29 is 9.39 Å². The Labute approximate surface area is 225 Å². The van der Waals surface area contributed by atoms with Crippen LogP contribution in [0.4, 0.5) is 5.95 Å². The molecule has 0 spiro atoms. The Morgan fingerprint density at radius 2 is 1.89 bits per heavy atom. The fraction of sp³-hybridized carbons (Fsp3) is 0.276. The molecule has 1 atom stereocenters. The maximum atomic E-state index is 13.2. The van der Waals surface area contributed by atoms with Gasteiger partial charge in [-0.25, -0.2) is 4.98 Å². The second-order valence-electron chi connectivity index (χ2n) is 10.0. The standard InChI is InChI=1S/C29H28N7OS/c30-19-22-8-9-27-26(17-22)31-29(35(27)24-5-2-1-3-6-24)32-10-12-34(13-11-32)36-15-4-7-25(36)18-23(20-36)28(37)33-14-16-38-21-33/h1-9,15,17-18H,10-14,16,20-21H2/q+1/t36-/m1/s1. The maximum Gasteiger partial charge on any atom is 0.256 e. The van der Waals surface area contributed by atoms with Gasteiger partial charge in [-0.2, -0.15) is 9.85 Å². The van der Waals surface area contributed by atoms with Crippen LogP contribution in [0.3, 0.4) is 0 Å². The number of hydrogen-bond acceptors (Lipinski definition) is 6. The van der Waals surface area contributed by atoms with Gasteiger partial charge in [0.1, 0.15) is 12.7 Å². The number of thioether (sulfide) groups is 1. The van der Waals surface area contributed by atoms with Crippen LogP contribution in [0.1, 0.15) is 5.56 Å². The van der Waals surface area contributed by atoms with Crippen LogP contribution in [0.25, 0.3) is 16.7 Å². The van der Waals surface area contributed by atoms with Crippen LogP contribution in [0.2, 0.25) is 0 Å². The van der Waals surface area contributed by atoms with Gasteiger partial charge in [-0.1, -0.05) is 18.2 Å². The zero-order valence-electron chi connectivity index (χ0n) is 21.0. The third kappa shape index (κ3) is 3.68. The molecule has 4 aliphatic rings. The summed E-state index contributed by atoms with van der Waals surface area (Å²) >= 11 is 1.82. The summed E-state index contributed by atoms with van der Waals surface area (Å²) in [6.07, 6.45) is 8.60. The molecule has 0 unspecified atom stereocenters. The number of rotatable bonds is 4. The number of aromatic nitrogens is 2. The summed E-state index contributed by atoms with van der Waals surface area (Å²) in [6.45, 7) is 4.84. The van der Waals surface area contributed by atoms with Crippen molar-refractivity contribution in [2.45, 2.75) is 0 Å². The summed E-state index contributed by atoms with van der Waals surface area (Å²) in [5.41, 5.74) is 5.57. The number of hydrogen-bond donors (Lipinski definition) is 0. The number of benzene rings is 2. The van der Waals surface area contributed by atoms with Gasteiger partial charge in [0.25, 0.3) is 5.91 Å². The largest absolute Gasteiger partial charge is 0.339 e. The van der Waals surface area contributed by atoms with E-state index in [4.69, 9.17) is 4.98 Å². The summed E-state index contributed by atoms with van der Waals surface area (Å²) in [5.74, 6) is 2.90. The van der Waals surface area contributed by atoms with Crippen molar-refractivity contribution in [3.8, 4) is 11.8 Å². The lowest BCUT2D eigenvalue weighted by molar-refractivity contribution is -0.948. The van der Waals surface area contributed by atoms with Gasteiger partial charge in [0.05, 0.1) is 47.2 Å². The van der Waals surface area contributed by atoms with Crippen molar-refractivity contribution in [1.82, 2.24) is 19.5 Å². The first-order chi connectivity index (χ1) is 18.7. The molecule has 7 rings (SSSR count). The van der Waals surface area contributed by atoms with E-state index in [1.165, 1.54) is 5.70 Å². The number of para-hydroxylation sites is 1. The predicted molar refractivity (Wildman–Crippen MR) is 149 cm³/mol. The van der Waals surface area contributed by atoms with E-state index in [-0.39, 0.29) is 5.91 Å². The molecule has 4 aliphatic heterocycles. The van der Waals surface area contributed by atoms with Crippen molar-refractivity contribution in [1.29, 1.82) is 5.26 Å². The number of allylic oxidation sites excluding steroid dienone is 3. The van der Waals surface area contributed by atoms with Crippen molar-refractivity contribution in [3.05, 3.63) is 89.8 Å². The molecular weight excluding hydrogens is 494 g/mol. The minimum atomic E-state index is 0.183. The third-order valence-corrected chi connectivity index (χ3v) is 8.88. The Morgan fingerprint density at radius 3 is 2.66 bits per heavy atom. The summed E-state index contributed by atoms with van der Waals surface area (Å²) in [6, 6.07) is 18.2. The molecule has 0 N–H and O–H groups in total. The van der Waals surface area contributed by atoms with Crippen molar-refractivity contribution in [2.24, 2.45) is 0 Å². The predicted octanol–water partition coefficient (Wildman–Crippen LogP) is 3.64. The van der Waals surface area contributed by atoms with E-state index in [1.807, 2.05) is 53.1 Å². The molecule has 0 aliphatic carbocycles. The molecule has 2 fully saturated rings. The Morgan fingerprint density at radius 1 is 1.05 bits per heavy atom. The molecule has 2 saturated heterocycles. The van der Waals surface area contributed by atoms with Gasteiger partial charge in [0.15, 0.2) is 5.70 Å². The number of amides is 1. The van der Waals surface area contributed by atoms with Crippen LogP contribution >= 0.6 is 11.8 Å². The minimum Gasteiger partial charge on any atom is -0.339 e. The maximum absolute atomic E-state index is 13.2. The van der Waals surface area contributed by atoms with E-state index in [0.717, 1.165) is 72.6 Å². The van der Waals surface area contributed by atoms with Gasteiger partial charge < -0.3 is 9.80 Å². The number of carbonyl (C=O) groups is 1. The fourth-order valence-corrected chi connectivity index (χ4v) is 6.93. The number of carbonyl (C=O) groups excluding carboxylic acids is 1. The van der Waals surface area contributed by atoms with Gasteiger partial charge in [-0.05, 0) is 36.4 Å². The average molecular weight is 523 g/mol. The van der Waals surface area contributed by atoms with E-state index < -0.39 is 0 Å². The number of nitriles is 1. The zero-order chi connectivity index (χ0) is 25.7. The lowest BCUT2D eigenvalue weighted by Crippen LogP contribution is -2.60. The number of piperazine rings is 1. The molecule has 2 aromatic carbocycles.